The summed E-state index contributed by atoms with van der Waals surface area (Å²) in [5.41, 5.74) is 1.86. The van der Waals surface area contributed by atoms with Crippen LogP contribution in [0.25, 0.3) is 0 Å². The number of benzene rings is 2. The minimum Gasteiger partial charge on any atom is -0.457 e. The van der Waals surface area contributed by atoms with Gasteiger partial charge in [-0.1, -0.05) is 30.7 Å². The number of rotatable bonds is 5. The van der Waals surface area contributed by atoms with Crippen LogP contribution in [0.3, 0.4) is 0 Å². The highest BCUT2D eigenvalue weighted by Crippen LogP contribution is 2.30. The SMILES string of the molecule is CCNCc1ccc(Cl)cc1Oc1cc(F)ccc1C. The van der Waals surface area contributed by atoms with E-state index in [1.165, 1.54) is 12.1 Å². The molecule has 2 rings (SSSR count). The van der Waals surface area contributed by atoms with Gasteiger partial charge in [-0.25, -0.2) is 4.39 Å². The maximum absolute atomic E-state index is 13.3. The van der Waals surface area contributed by atoms with Crippen molar-refractivity contribution in [3.63, 3.8) is 0 Å². The van der Waals surface area contributed by atoms with Crippen molar-refractivity contribution in [2.24, 2.45) is 0 Å². The molecule has 0 aliphatic carbocycles. The second-order valence-electron chi connectivity index (χ2n) is 4.54. The van der Waals surface area contributed by atoms with Crippen LogP contribution in [0.2, 0.25) is 5.02 Å². The summed E-state index contributed by atoms with van der Waals surface area (Å²) < 4.78 is 19.1. The van der Waals surface area contributed by atoms with Gasteiger partial charge in [-0.05, 0) is 37.2 Å². The lowest BCUT2D eigenvalue weighted by atomic mass is 10.2. The first-order chi connectivity index (χ1) is 9.60. The fourth-order valence-electron chi connectivity index (χ4n) is 1.83. The van der Waals surface area contributed by atoms with Crippen molar-refractivity contribution in [2.75, 3.05) is 6.54 Å². The topological polar surface area (TPSA) is 21.3 Å². The highest BCUT2D eigenvalue weighted by molar-refractivity contribution is 6.30. The number of ether oxygens (including phenoxy) is 1. The largest absolute Gasteiger partial charge is 0.457 e. The molecule has 0 fully saturated rings. The Hall–Kier alpha value is -1.58. The molecular formula is C16H17ClFNO. The summed E-state index contributed by atoms with van der Waals surface area (Å²) in [6.45, 7) is 5.45. The average Bonchev–Trinajstić information content (AvgIpc) is 2.42. The average molecular weight is 294 g/mol. The third kappa shape index (κ3) is 3.71. The summed E-state index contributed by atoms with van der Waals surface area (Å²) in [6, 6.07) is 9.97. The zero-order valence-electron chi connectivity index (χ0n) is 11.5. The molecule has 0 aliphatic heterocycles. The third-order valence-corrected chi connectivity index (χ3v) is 3.20. The second-order valence-corrected chi connectivity index (χ2v) is 4.98. The number of aryl methyl sites for hydroxylation is 1. The highest BCUT2D eigenvalue weighted by atomic mass is 35.5. The molecule has 0 saturated carbocycles. The van der Waals surface area contributed by atoms with E-state index in [9.17, 15) is 4.39 Å². The first-order valence-corrected chi connectivity index (χ1v) is 6.91. The molecule has 0 saturated heterocycles. The molecule has 0 atom stereocenters. The van der Waals surface area contributed by atoms with E-state index in [4.69, 9.17) is 16.3 Å². The van der Waals surface area contributed by atoms with Crippen molar-refractivity contribution < 1.29 is 9.13 Å². The van der Waals surface area contributed by atoms with Crippen LogP contribution in [0.4, 0.5) is 4.39 Å². The van der Waals surface area contributed by atoms with Gasteiger partial charge in [-0.15, -0.1) is 0 Å². The number of halogens is 2. The number of hydrogen-bond donors (Lipinski definition) is 1. The zero-order chi connectivity index (χ0) is 14.5. The van der Waals surface area contributed by atoms with E-state index >= 15 is 0 Å². The minimum atomic E-state index is -0.319. The summed E-state index contributed by atoms with van der Waals surface area (Å²) in [5.74, 6) is 0.832. The van der Waals surface area contributed by atoms with Crippen LogP contribution in [0, 0.1) is 12.7 Å². The van der Waals surface area contributed by atoms with E-state index in [1.54, 1.807) is 12.1 Å². The molecular weight excluding hydrogens is 277 g/mol. The van der Waals surface area contributed by atoms with E-state index in [1.807, 2.05) is 26.0 Å². The molecule has 1 N–H and O–H groups in total. The smallest absolute Gasteiger partial charge is 0.133 e. The first kappa shape index (κ1) is 14.8. The zero-order valence-corrected chi connectivity index (χ0v) is 12.3. The standard InChI is InChI=1S/C16H17ClFNO/c1-3-19-10-12-5-6-13(17)8-16(12)20-15-9-14(18)7-4-11(15)2/h4-9,19H,3,10H2,1-2H3. The summed E-state index contributed by atoms with van der Waals surface area (Å²) in [7, 11) is 0. The molecule has 0 spiro atoms. The van der Waals surface area contributed by atoms with Gasteiger partial charge in [-0.2, -0.15) is 0 Å². The molecule has 0 aliphatic rings. The summed E-state index contributed by atoms with van der Waals surface area (Å²) in [6.07, 6.45) is 0. The van der Waals surface area contributed by atoms with Gasteiger partial charge in [0.25, 0.3) is 0 Å². The summed E-state index contributed by atoms with van der Waals surface area (Å²) in [4.78, 5) is 0. The van der Waals surface area contributed by atoms with Crippen molar-refractivity contribution in [1.29, 1.82) is 0 Å². The van der Waals surface area contributed by atoms with Crippen LogP contribution < -0.4 is 10.1 Å². The van der Waals surface area contributed by atoms with Gasteiger partial charge in [0.1, 0.15) is 17.3 Å². The lowest BCUT2D eigenvalue weighted by molar-refractivity contribution is 0.464. The first-order valence-electron chi connectivity index (χ1n) is 6.53. The van der Waals surface area contributed by atoms with Gasteiger partial charge in [0, 0.05) is 23.2 Å². The summed E-state index contributed by atoms with van der Waals surface area (Å²) in [5, 5.41) is 3.83. The van der Waals surface area contributed by atoms with Gasteiger partial charge in [0.2, 0.25) is 0 Å². The van der Waals surface area contributed by atoms with Crippen molar-refractivity contribution in [1.82, 2.24) is 5.32 Å². The van der Waals surface area contributed by atoms with Crippen LogP contribution in [0.15, 0.2) is 36.4 Å². The number of hydrogen-bond acceptors (Lipinski definition) is 2. The molecule has 0 heterocycles. The van der Waals surface area contributed by atoms with Crippen LogP contribution in [-0.4, -0.2) is 6.54 Å². The van der Waals surface area contributed by atoms with Crippen molar-refractivity contribution in [3.05, 3.63) is 58.4 Å². The molecule has 106 valence electrons. The van der Waals surface area contributed by atoms with E-state index < -0.39 is 0 Å². The van der Waals surface area contributed by atoms with E-state index in [2.05, 4.69) is 5.32 Å². The van der Waals surface area contributed by atoms with E-state index in [0.29, 0.717) is 23.1 Å². The molecule has 0 bridgehead atoms. The third-order valence-electron chi connectivity index (χ3n) is 2.96. The van der Waals surface area contributed by atoms with Crippen molar-refractivity contribution in [3.8, 4) is 11.5 Å². The highest BCUT2D eigenvalue weighted by Gasteiger charge is 2.08. The molecule has 2 aromatic carbocycles. The van der Waals surface area contributed by atoms with Crippen molar-refractivity contribution >= 4 is 11.6 Å². The monoisotopic (exact) mass is 293 g/mol. The fourth-order valence-corrected chi connectivity index (χ4v) is 1.99. The van der Waals surface area contributed by atoms with Crippen LogP contribution in [0.1, 0.15) is 18.1 Å². The Morgan fingerprint density at radius 1 is 1.15 bits per heavy atom. The summed E-state index contributed by atoms with van der Waals surface area (Å²) >= 11 is 6.01. The van der Waals surface area contributed by atoms with Gasteiger partial charge in [0.15, 0.2) is 0 Å². The Bertz CT molecular complexity index is 601. The lowest BCUT2D eigenvalue weighted by Crippen LogP contribution is -2.12. The lowest BCUT2D eigenvalue weighted by Gasteiger charge is -2.13. The number of nitrogens with one attached hydrogen (secondary N) is 1. The Morgan fingerprint density at radius 3 is 2.70 bits per heavy atom. The fraction of sp³-hybridized carbons (Fsp3) is 0.250. The Labute approximate surface area is 123 Å². The van der Waals surface area contributed by atoms with Gasteiger partial charge >= 0.3 is 0 Å². The molecule has 20 heavy (non-hydrogen) atoms. The quantitative estimate of drug-likeness (QED) is 0.863. The molecule has 2 aromatic rings. The Kier molecular flexibility index (Phi) is 4.99. The second kappa shape index (κ2) is 6.73. The predicted octanol–water partition coefficient (Wildman–Crippen LogP) is 4.69. The van der Waals surface area contributed by atoms with Gasteiger partial charge in [0.05, 0.1) is 0 Å². The molecule has 2 nitrogen and oxygen atoms in total. The van der Waals surface area contributed by atoms with Crippen LogP contribution in [-0.2, 0) is 6.54 Å². The van der Waals surface area contributed by atoms with Crippen molar-refractivity contribution in [2.45, 2.75) is 20.4 Å². The predicted molar refractivity (Wildman–Crippen MR) is 80.0 cm³/mol. The normalized spacial score (nSPS) is 10.6. The Balaban J connectivity index is 2.31. The maximum Gasteiger partial charge on any atom is 0.133 e. The minimum absolute atomic E-state index is 0.319. The molecule has 4 heteroatoms. The Morgan fingerprint density at radius 2 is 1.95 bits per heavy atom. The molecule has 0 amide bonds. The molecule has 0 radical (unpaired) electrons. The maximum atomic E-state index is 13.3. The van der Waals surface area contributed by atoms with E-state index in [0.717, 1.165) is 17.7 Å². The molecule has 0 aromatic heterocycles. The van der Waals surface area contributed by atoms with Gasteiger partial charge < -0.3 is 10.1 Å². The van der Waals surface area contributed by atoms with E-state index in [-0.39, 0.29) is 5.82 Å². The van der Waals surface area contributed by atoms with Crippen LogP contribution in [0.5, 0.6) is 11.5 Å². The van der Waals surface area contributed by atoms with Crippen LogP contribution >= 0.6 is 11.6 Å². The van der Waals surface area contributed by atoms with Gasteiger partial charge in [-0.3, -0.25) is 0 Å². The molecule has 0 unspecified atom stereocenters.